The SMILES string of the molecule is CCCNc1cc(N2CC(C)OC(C)(C)C2)ncn1. The van der Waals surface area contributed by atoms with Crippen LogP contribution in [0, 0.1) is 0 Å². The Labute approximate surface area is 115 Å². The second kappa shape index (κ2) is 5.74. The fraction of sp³-hybridized carbons (Fsp3) is 0.714. The molecule has 2 rings (SSSR count). The zero-order valence-corrected chi connectivity index (χ0v) is 12.3. The molecule has 1 unspecified atom stereocenters. The van der Waals surface area contributed by atoms with Crippen molar-refractivity contribution < 1.29 is 4.74 Å². The third-order valence-corrected chi connectivity index (χ3v) is 3.10. The lowest BCUT2D eigenvalue weighted by atomic mass is 10.1. The molecule has 1 aliphatic heterocycles. The topological polar surface area (TPSA) is 50.3 Å². The molecule has 1 aliphatic rings. The number of nitrogens with one attached hydrogen (secondary N) is 1. The standard InChI is InChI=1S/C14H24N4O/c1-5-6-15-12-7-13(17-10-16-12)18-8-11(2)19-14(3,4)9-18/h7,10-11H,5-6,8-9H2,1-4H3,(H,15,16,17). The van der Waals surface area contributed by atoms with Gasteiger partial charge in [-0.05, 0) is 27.2 Å². The average molecular weight is 264 g/mol. The molecule has 0 spiro atoms. The highest BCUT2D eigenvalue weighted by atomic mass is 16.5. The van der Waals surface area contributed by atoms with E-state index in [0.717, 1.165) is 37.7 Å². The Hall–Kier alpha value is -1.36. The van der Waals surface area contributed by atoms with Gasteiger partial charge in [0.1, 0.15) is 18.0 Å². The second-order valence-electron chi connectivity index (χ2n) is 5.76. The van der Waals surface area contributed by atoms with Crippen LogP contribution in [0.15, 0.2) is 12.4 Å². The molecule has 0 saturated carbocycles. The Morgan fingerprint density at radius 3 is 2.95 bits per heavy atom. The smallest absolute Gasteiger partial charge is 0.134 e. The number of hydrogen-bond donors (Lipinski definition) is 1. The average Bonchev–Trinajstić information content (AvgIpc) is 2.34. The molecule has 0 amide bonds. The minimum absolute atomic E-state index is 0.139. The molecular weight excluding hydrogens is 240 g/mol. The van der Waals surface area contributed by atoms with Crippen molar-refractivity contribution in [3.63, 3.8) is 0 Å². The molecule has 1 N–H and O–H groups in total. The Morgan fingerprint density at radius 2 is 2.26 bits per heavy atom. The fourth-order valence-electron chi connectivity index (χ4n) is 2.50. The van der Waals surface area contributed by atoms with Gasteiger partial charge >= 0.3 is 0 Å². The van der Waals surface area contributed by atoms with E-state index in [0.29, 0.717) is 0 Å². The summed E-state index contributed by atoms with van der Waals surface area (Å²) in [4.78, 5) is 10.9. The normalized spacial score (nSPS) is 22.3. The van der Waals surface area contributed by atoms with Gasteiger partial charge < -0.3 is 15.0 Å². The first-order valence-corrected chi connectivity index (χ1v) is 6.99. The molecule has 106 valence electrons. The van der Waals surface area contributed by atoms with E-state index in [-0.39, 0.29) is 11.7 Å². The van der Waals surface area contributed by atoms with E-state index in [9.17, 15) is 0 Å². The van der Waals surface area contributed by atoms with Gasteiger partial charge in [-0.2, -0.15) is 0 Å². The number of nitrogens with zero attached hydrogens (tertiary/aromatic N) is 3. The quantitative estimate of drug-likeness (QED) is 0.904. The first-order chi connectivity index (χ1) is 9.00. The number of hydrogen-bond acceptors (Lipinski definition) is 5. The Morgan fingerprint density at radius 1 is 1.47 bits per heavy atom. The van der Waals surface area contributed by atoms with Crippen molar-refractivity contribution in [1.82, 2.24) is 9.97 Å². The van der Waals surface area contributed by atoms with Crippen LogP contribution in [0.4, 0.5) is 11.6 Å². The van der Waals surface area contributed by atoms with Gasteiger partial charge in [-0.25, -0.2) is 9.97 Å². The van der Waals surface area contributed by atoms with Gasteiger partial charge in [0.05, 0.1) is 11.7 Å². The van der Waals surface area contributed by atoms with Crippen LogP contribution in [-0.2, 0) is 4.74 Å². The first kappa shape index (κ1) is 14.1. The maximum atomic E-state index is 5.92. The van der Waals surface area contributed by atoms with Crippen LogP contribution in [0.25, 0.3) is 0 Å². The molecule has 1 aromatic rings. The summed E-state index contributed by atoms with van der Waals surface area (Å²) in [5.41, 5.74) is -0.139. The van der Waals surface area contributed by atoms with Crippen LogP contribution in [0.3, 0.4) is 0 Å². The number of anilines is 2. The predicted octanol–water partition coefficient (Wildman–Crippen LogP) is 2.30. The molecule has 0 radical (unpaired) electrons. The van der Waals surface area contributed by atoms with Crippen molar-refractivity contribution in [2.24, 2.45) is 0 Å². The molecule has 1 aromatic heterocycles. The summed E-state index contributed by atoms with van der Waals surface area (Å²) in [5.74, 6) is 1.86. The van der Waals surface area contributed by atoms with E-state index < -0.39 is 0 Å². The summed E-state index contributed by atoms with van der Waals surface area (Å²) in [7, 11) is 0. The van der Waals surface area contributed by atoms with E-state index in [1.807, 2.05) is 6.07 Å². The van der Waals surface area contributed by atoms with Crippen molar-refractivity contribution in [2.45, 2.75) is 45.8 Å². The predicted molar refractivity (Wildman–Crippen MR) is 77.7 cm³/mol. The minimum atomic E-state index is -0.139. The monoisotopic (exact) mass is 264 g/mol. The molecular formula is C14H24N4O. The number of rotatable bonds is 4. The van der Waals surface area contributed by atoms with Gasteiger partial charge in [0.15, 0.2) is 0 Å². The zero-order chi connectivity index (χ0) is 13.9. The highest BCUT2D eigenvalue weighted by Gasteiger charge is 2.31. The third kappa shape index (κ3) is 3.80. The molecule has 1 atom stereocenters. The molecule has 0 aliphatic carbocycles. The molecule has 1 saturated heterocycles. The number of morpholine rings is 1. The molecule has 0 aromatic carbocycles. The van der Waals surface area contributed by atoms with Crippen molar-refractivity contribution in [3.05, 3.63) is 12.4 Å². The highest BCUT2D eigenvalue weighted by molar-refractivity contribution is 5.49. The highest BCUT2D eigenvalue weighted by Crippen LogP contribution is 2.25. The Balaban J connectivity index is 2.12. The van der Waals surface area contributed by atoms with Crippen LogP contribution >= 0.6 is 0 Å². The van der Waals surface area contributed by atoms with E-state index >= 15 is 0 Å². The molecule has 19 heavy (non-hydrogen) atoms. The van der Waals surface area contributed by atoms with Gasteiger partial charge in [-0.15, -0.1) is 0 Å². The van der Waals surface area contributed by atoms with Crippen LogP contribution in [0.5, 0.6) is 0 Å². The fourth-order valence-corrected chi connectivity index (χ4v) is 2.50. The molecule has 2 heterocycles. The second-order valence-corrected chi connectivity index (χ2v) is 5.76. The van der Waals surface area contributed by atoms with Crippen molar-refractivity contribution >= 4 is 11.6 Å². The van der Waals surface area contributed by atoms with Gasteiger partial charge in [0, 0.05) is 25.7 Å². The molecule has 0 bridgehead atoms. The first-order valence-electron chi connectivity index (χ1n) is 6.99. The van der Waals surface area contributed by atoms with E-state index in [4.69, 9.17) is 4.74 Å². The summed E-state index contributed by atoms with van der Waals surface area (Å²) in [5, 5.41) is 3.30. The largest absolute Gasteiger partial charge is 0.370 e. The summed E-state index contributed by atoms with van der Waals surface area (Å²) in [6.45, 7) is 11.1. The Kier molecular flexibility index (Phi) is 4.24. The maximum absolute atomic E-state index is 5.92. The zero-order valence-electron chi connectivity index (χ0n) is 12.3. The summed E-state index contributed by atoms with van der Waals surface area (Å²) >= 11 is 0. The third-order valence-electron chi connectivity index (χ3n) is 3.10. The van der Waals surface area contributed by atoms with Crippen molar-refractivity contribution in [3.8, 4) is 0 Å². The lowest BCUT2D eigenvalue weighted by molar-refractivity contribution is -0.0751. The number of ether oxygens (including phenoxy) is 1. The van der Waals surface area contributed by atoms with Crippen LogP contribution in [0.2, 0.25) is 0 Å². The van der Waals surface area contributed by atoms with Gasteiger partial charge in [0.25, 0.3) is 0 Å². The summed E-state index contributed by atoms with van der Waals surface area (Å²) in [6.07, 6.45) is 2.92. The lowest BCUT2D eigenvalue weighted by Gasteiger charge is -2.42. The van der Waals surface area contributed by atoms with Crippen LogP contribution < -0.4 is 10.2 Å². The van der Waals surface area contributed by atoms with E-state index in [2.05, 4.69) is 47.9 Å². The molecule has 5 nitrogen and oxygen atoms in total. The summed E-state index contributed by atoms with van der Waals surface area (Å²) in [6, 6.07) is 2.02. The van der Waals surface area contributed by atoms with Crippen LogP contribution in [0.1, 0.15) is 34.1 Å². The van der Waals surface area contributed by atoms with Gasteiger partial charge in [-0.1, -0.05) is 6.92 Å². The maximum Gasteiger partial charge on any atom is 0.134 e. The number of aromatic nitrogens is 2. The lowest BCUT2D eigenvalue weighted by Crippen LogP contribution is -2.52. The van der Waals surface area contributed by atoms with Crippen molar-refractivity contribution in [1.29, 1.82) is 0 Å². The molecule has 1 fully saturated rings. The molecule has 5 heteroatoms. The van der Waals surface area contributed by atoms with Crippen LogP contribution in [-0.4, -0.2) is 41.3 Å². The van der Waals surface area contributed by atoms with Gasteiger partial charge in [0.2, 0.25) is 0 Å². The van der Waals surface area contributed by atoms with E-state index in [1.165, 1.54) is 0 Å². The minimum Gasteiger partial charge on any atom is -0.370 e. The van der Waals surface area contributed by atoms with Crippen molar-refractivity contribution in [2.75, 3.05) is 29.9 Å². The Bertz CT molecular complexity index is 422. The van der Waals surface area contributed by atoms with Gasteiger partial charge in [-0.3, -0.25) is 0 Å². The summed E-state index contributed by atoms with van der Waals surface area (Å²) < 4.78 is 5.92. The van der Waals surface area contributed by atoms with E-state index in [1.54, 1.807) is 6.33 Å².